The first kappa shape index (κ1) is 14.5. The Morgan fingerprint density at radius 2 is 1.60 bits per heavy atom. The average Bonchev–Trinajstić information content (AvgIpc) is 2.48. The first-order valence-corrected chi connectivity index (χ1v) is 6.83. The molecule has 0 aliphatic heterocycles. The molecule has 0 aliphatic carbocycles. The summed E-state index contributed by atoms with van der Waals surface area (Å²) in [5.74, 6) is 1.83. The summed E-state index contributed by atoms with van der Waals surface area (Å²) in [6.45, 7) is 0.363. The van der Waals surface area contributed by atoms with Crippen LogP contribution >= 0.6 is 15.9 Å². The molecule has 2 rings (SSSR count). The van der Waals surface area contributed by atoms with Crippen molar-refractivity contribution in [3.05, 3.63) is 46.4 Å². The van der Waals surface area contributed by atoms with Crippen molar-refractivity contribution in [3.8, 4) is 17.2 Å². The number of methoxy groups -OCH3 is 2. The minimum Gasteiger partial charge on any atom is -0.493 e. The highest BCUT2D eigenvalue weighted by molar-refractivity contribution is 9.10. The molecule has 0 radical (unpaired) electrons. The molecule has 4 nitrogen and oxygen atoms in total. The molecule has 2 aromatic carbocycles. The Labute approximate surface area is 126 Å². The topological polar surface area (TPSA) is 53.7 Å². The van der Waals surface area contributed by atoms with Crippen molar-refractivity contribution in [1.82, 2.24) is 0 Å². The minimum absolute atomic E-state index is 0.363. The summed E-state index contributed by atoms with van der Waals surface area (Å²) in [4.78, 5) is 0. The second-order valence-corrected chi connectivity index (χ2v) is 4.89. The Balaban J connectivity index is 2.24. The van der Waals surface area contributed by atoms with Gasteiger partial charge in [0.05, 0.1) is 14.2 Å². The van der Waals surface area contributed by atoms with Crippen LogP contribution in [0.5, 0.6) is 17.2 Å². The second-order valence-electron chi connectivity index (χ2n) is 4.10. The van der Waals surface area contributed by atoms with E-state index in [1.54, 1.807) is 14.2 Å². The number of halogens is 1. The summed E-state index contributed by atoms with van der Waals surface area (Å²) in [5.41, 5.74) is 7.49. The zero-order valence-corrected chi connectivity index (χ0v) is 12.9. The van der Waals surface area contributed by atoms with Crippen molar-refractivity contribution in [1.29, 1.82) is 0 Å². The summed E-state index contributed by atoms with van der Waals surface area (Å²) >= 11 is 3.46. The molecule has 0 fully saturated rings. The summed E-state index contributed by atoms with van der Waals surface area (Å²) in [6.07, 6.45) is 0. The van der Waals surface area contributed by atoms with E-state index >= 15 is 0 Å². The van der Waals surface area contributed by atoms with Crippen molar-refractivity contribution in [2.45, 2.75) is 6.61 Å². The first-order chi connectivity index (χ1) is 9.67. The Bertz CT molecular complexity index is 579. The van der Waals surface area contributed by atoms with Gasteiger partial charge in [-0.15, -0.1) is 0 Å². The smallest absolute Gasteiger partial charge is 0.203 e. The monoisotopic (exact) mass is 337 g/mol. The predicted octanol–water partition coefficient (Wildman–Crippen LogP) is 3.63. The molecule has 5 heteroatoms. The normalized spacial score (nSPS) is 10.2. The Hall–Kier alpha value is -1.88. The number of hydrogen-bond acceptors (Lipinski definition) is 4. The van der Waals surface area contributed by atoms with E-state index in [4.69, 9.17) is 19.9 Å². The van der Waals surface area contributed by atoms with Crippen molar-refractivity contribution in [2.75, 3.05) is 20.0 Å². The van der Waals surface area contributed by atoms with Crippen LogP contribution in [0.25, 0.3) is 0 Å². The van der Waals surface area contributed by atoms with E-state index in [1.165, 1.54) is 0 Å². The third-order valence-electron chi connectivity index (χ3n) is 2.86. The van der Waals surface area contributed by atoms with Crippen LogP contribution in [0.4, 0.5) is 5.69 Å². The SMILES string of the molecule is COc1cccc(OC)c1OCc1cccc(N)c1Br. The zero-order chi connectivity index (χ0) is 14.5. The molecule has 20 heavy (non-hydrogen) atoms. The number of nitrogen functional groups attached to an aromatic ring is 1. The third kappa shape index (κ3) is 2.99. The highest BCUT2D eigenvalue weighted by Gasteiger charge is 2.12. The summed E-state index contributed by atoms with van der Waals surface area (Å²) < 4.78 is 17.3. The maximum atomic E-state index is 5.85. The lowest BCUT2D eigenvalue weighted by atomic mass is 10.2. The number of para-hydroxylation sites is 1. The van der Waals surface area contributed by atoms with E-state index in [1.807, 2.05) is 36.4 Å². The minimum atomic E-state index is 0.363. The Morgan fingerprint density at radius 1 is 1.00 bits per heavy atom. The zero-order valence-electron chi connectivity index (χ0n) is 11.4. The van der Waals surface area contributed by atoms with Crippen molar-refractivity contribution in [2.24, 2.45) is 0 Å². The van der Waals surface area contributed by atoms with Gasteiger partial charge in [0.25, 0.3) is 0 Å². The molecule has 2 aromatic rings. The summed E-state index contributed by atoms with van der Waals surface area (Å²) in [6, 6.07) is 11.2. The molecule has 0 bridgehead atoms. The summed E-state index contributed by atoms with van der Waals surface area (Å²) in [5, 5.41) is 0. The fourth-order valence-corrected chi connectivity index (χ4v) is 2.20. The van der Waals surface area contributed by atoms with Gasteiger partial charge < -0.3 is 19.9 Å². The van der Waals surface area contributed by atoms with Gasteiger partial charge in [-0.25, -0.2) is 0 Å². The van der Waals surface area contributed by atoms with E-state index in [9.17, 15) is 0 Å². The molecule has 0 heterocycles. The lowest BCUT2D eigenvalue weighted by Crippen LogP contribution is -2.01. The van der Waals surface area contributed by atoms with Crippen molar-refractivity contribution in [3.63, 3.8) is 0 Å². The molecular formula is C15H16BrNO3. The van der Waals surface area contributed by atoms with Crippen molar-refractivity contribution >= 4 is 21.6 Å². The number of ether oxygens (including phenoxy) is 3. The molecule has 0 aromatic heterocycles. The van der Waals surface area contributed by atoms with E-state index in [0.717, 1.165) is 10.0 Å². The van der Waals surface area contributed by atoms with Crippen LogP contribution in [0, 0.1) is 0 Å². The van der Waals surface area contributed by atoms with E-state index in [-0.39, 0.29) is 0 Å². The maximum absolute atomic E-state index is 5.85. The average molecular weight is 338 g/mol. The highest BCUT2D eigenvalue weighted by atomic mass is 79.9. The van der Waals surface area contributed by atoms with Crippen LogP contribution in [0.3, 0.4) is 0 Å². The fourth-order valence-electron chi connectivity index (χ4n) is 1.82. The second kappa shape index (κ2) is 6.52. The van der Waals surface area contributed by atoms with E-state index < -0.39 is 0 Å². The van der Waals surface area contributed by atoms with Crippen LogP contribution in [-0.4, -0.2) is 14.2 Å². The molecule has 0 atom stereocenters. The summed E-state index contributed by atoms with van der Waals surface area (Å²) in [7, 11) is 3.19. The number of benzene rings is 2. The lowest BCUT2D eigenvalue weighted by molar-refractivity contribution is 0.265. The Kier molecular flexibility index (Phi) is 4.74. The van der Waals surface area contributed by atoms with E-state index in [2.05, 4.69) is 15.9 Å². The van der Waals surface area contributed by atoms with Gasteiger partial charge in [-0.05, 0) is 34.1 Å². The number of anilines is 1. The molecular weight excluding hydrogens is 322 g/mol. The Morgan fingerprint density at radius 3 is 2.20 bits per heavy atom. The van der Waals surface area contributed by atoms with Gasteiger partial charge >= 0.3 is 0 Å². The van der Waals surface area contributed by atoms with Crippen LogP contribution in [-0.2, 0) is 6.61 Å². The quantitative estimate of drug-likeness (QED) is 0.846. The van der Waals surface area contributed by atoms with Crippen molar-refractivity contribution < 1.29 is 14.2 Å². The number of nitrogens with two attached hydrogens (primary N) is 1. The molecule has 0 saturated heterocycles. The lowest BCUT2D eigenvalue weighted by Gasteiger charge is -2.15. The van der Waals surface area contributed by atoms with Crippen LogP contribution in [0.2, 0.25) is 0 Å². The van der Waals surface area contributed by atoms with Gasteiger partial charge in [-0.3, -0.25) is 0 Å². The van der Waals surface area contributed by atoms with Gasteiger partial charge in [0, 0.05) is 15.7 Å². The predicted molar refractivity (Wildman–Crippen MR) is 82.4 cm³/mol. The fraction of sp³-hybridized carbons (Fsp3) is 0.200. The molecule has 0 unspecified atom stereocenters. The number of hydrogen-bond donors (Lipinski definition) is 1. The van der Waals surface area contributed by atoms with Crippen LogP contribution in [0.15, 0.2) is 40.9 Å². The van der Waals surface area contributed by atoms with Gasteiger partial charge in [-0.2, -0.15) is 0 Å². The van der Waals surface area contributed by atoms with Crippen LogP contribution < -0.4 is 19.9 Å². The van der Waals surface area contributed by atoms with Gasteiger partial charge in [0.1, 0.15) is 6.61 Å². The largest absolute Gasteiger partial charge is 0.493 e. The molecule has 0 amide bonds. The standard InChI is InChI=1S/C15H16BrNO3/c1-18-12-7-4-8-13(19-2)15(12)20-9-10-5-3-6-11(17)14(10)16/h3-8H,9,17H2,1-2H3. The van der Waals surface area contributed by atoms with Crippen LogP contribution in [0.1, 0.15) is 5.56 Å². The number of rotatable bonds is 5. The highest BCUT2D eigenvalue weighted by Crippen LogP contribution is 2.37. The molecule has 0 saturated carbocycles. The van der Waals surface area contributed by atoms with E-state index in [0.29, 0.717) is 29.5 Å². The molecule has 2 N–H and O–H groups in total. The molecule has 0 aliphatic rings. The van der Waals surface area contributed by atoms with Gasteiger partial charge in [0.2, 0.25) is 5.75 Å². The first-order valence-electron chi connectivity index (χ1n) is 6.04. The third-order valence-corrected chi connectivity index (χ3v) is 3.83. The molecule has 106 valence electrons. The maximum Gasteiger partial charge on any atom is 0.203 e. The van der Waals surface area contributed by atoms with Gasteiger partial charge in [-0.1, -0.05) is 18.2 Å². The van der Waals surface area contributed by atoms with Gasteiger partial charge in [0.15, 0.2) is 11.5 Å². The molecule has 0 spiro atoms.